The van der Waals surface area contributed by atoms with Crippen LogP contribution in [0.15, 0.2) is 59.8 Å². The average molecular weight is 596 g/mol. The molecule has 0 bridgehead atoms. The number of carbonyl (C=O) groups excluding carboxylic acids is 1. The number of hydrogen-bond donors (Lipinski definition) is 2. The number of benzene rings is 1. The summed E-state index contributed by atoms with van der Waals surface area (Å²) in [6, 6.07) is 11.6. The van der Waals surface area contributed by atoms with Crippen LogP contribution in [0.25, 0.3) is 17.2 Å². The largest absolute Gasteiger partial charge is 0.491 e. The highest BCUT2D eigenvalue weighted by Gasteiger charge is 2.28. The van der Waals surface area contributed by atoms with Crippen molar-refractivity contribution < 1.29 is 14.4 Å². The van der Waals surface area contributed by atoms with Crippen LogP contribution in [0, 0.1) is 0 Å². The highest BCUT2D eigenvalue weighted by atomic mass is 16.7. The van der Waals surface area contributed by atoms with Crippen molar-refractivity contribution in [2.24, 2.45) is 0 Å². The summed E-state index contributed by atoms with van der Waals surface area (Å²) in [6.45, 7) is 4.56. The molecule has 44 heavy (non-hydrogen) atoms. The van der Waals surface area contributed by atoms with Crippen LogP contribution in [0.1, 0.15) is 92.7 Å². The number of nitrogens with one attached hydrogen (secondary N) is 2. The molecule has 1 aromatic carbocycles. The number of ether oxygens (including phenoxy) is 1. The van der Waals surface area contributed by atoms with Crippen molar-refractivity contribution in [3.63, 3.8) is 0 Å². The Bertz CT molecular complexity index is 1670. The number of hydrogen-bond acceptors (Lipinski definition) is 9. The van der Waals surface area contributed by atoms with E-state index < -0.39 is 12.3 Å². The van der Waals surface area contributed by atoms with E-state index in [1.54, 1.807) is 23.2 Å². The summed E-state index contributed by atoms with van der Waals surface area (Å²) in [5.41, 5.74) is 7.41. The van der Waals surface area contributed by atoms with Crippen molar-refractivity contribution in [3.05, 3.63) is 93.6 Å². The van der Waals surface area contributed by atoms with Gasteiger partial charge in [0.15, 0.2) is 5.75 Å². The molecular weight excluding hydrogens is 558 g/mol. The molecule has 1 amide bonds. The van der Waals surface area contributed by atoms with E-state index >= 15 is 0 Å². The van der Waals surface area contributed by atoms with Gasteiger partial charge in [-0.05, 0) is 44.2 Å². The third-order valence-electron chi connectivity index (χ3n) is 8.19. The van der Waals surface area contributed by atoms with Crippen LogP contribution in [-0.2, 0) is 17.7 Å². The molecular formula is C33H37N7O4. The molecule has 2 aliphatic rings. The molecule has 1 saturated carbocycles. The summed E-state index contributed by atoms with van der Waals surface area (Å²) < 4.78 is 7.17. The van der Waals surface area contributed by atoms with Crippen LogP contribution in [0.2, 0.25) is 0 Å². The van der Waals surface area contributed by atoms with Gasteiger partial charge in [0.1, 0.15) is 12.0 Å². The van der Waals surface area contributed by atoms with Gasteiger partial charge >= 0.3 is 6.09 Å². The predicted octanol–water partition coefficient (Wildman–Crippen LogP) is 5.32. The van der Waals surface area contributed by atoms with Crippen LogP contribution in [0.4, 0.5) is 4.79 Å². The number of aromatic nitrogens is 5. The van der Waals surface area contributed by atoms with Crippen LogP contribution in [0.5, 0.6) is 5.75 Å². The average Bonchev–Trinajstić information content (AvgIpc) is 3.75. The number of rotatable bonds is 11. The Morgan fingerprint density at radius 1 is 1.00 bits per heavy atom. The van der Waals surface area contributed by atoms with E-state index in [4.69, 9.17) is 19.5 Å². The van der Waals surface area contributed by atoms with Crippen LogP contribution < -0.4 is 21.1 Å². The second kappa shape index (κ2) is 13.3. The summed E-state index contributed by atoms with van der Waals surface area (Å²) >= 11 is 0. The van der Waals surface area contributed by atoms with Gasteiger partial charge in [0, 0.05) is 35.2 Å². The molecule has 4 heterocycles. The molecule has 3 aromatic heterocycles. The number of carbonyl (C=O) groups is 1. The Labute approximate surface area is 256 Å². The maximum Gasteiger partial charge on any atom is 0.427 e. The summed E-state index contributed by atoms with van der Waals surface area (Å²) in [5.74, 6) is 1.83. The summed E-state index contributed by atoms with van der Waals surface area (Å²) in [6.07, 6.45) is 11.3. The normalized spacial score (nSPS) is 16.6. The molecule has 1 aliphatic carbocycles. The van der Waals surface area contributed by atoms with Gasteiger partial charge in [-0.1, -0.05) is 56.5 Å². The number of aryl methyl sites for hydroxylation is 1. The Morgan fingerprint density at radius 2 is 1.80 bits per heavy atom. The molecule has 1 saturated heterocycles. The molecule has 1 unspecified atom stereocenters. The predicted molar refractivity (Wildman–Crippen MR) is 164 cm³/mol. The van der Waals surface area contributed by atoms with Crippen LogP contribution in [0.3, 0.4) is 0 Å². The third kappa shape index (κ3) is 6.19. The molecule has 4 aromatic rings. The molecule has 1 aliphatic heterocycles. The Morgan fingerprint density at radius 3 is 2.48 bits per heavy atom. The van der Waals surface area contributed by atoms with E-state index in [0.29, 0.717) is 30.3 Å². The molecule has 2 fully saturated rings. The Kier molecular flexibility index (Phi) is 8.92. The first kappa shape index (κ1) is 29.4. The molecule has 11 nitrogen and oxygen atoms in total. The maximum absolute atomic E-state index is 14.4. The topological polar surface area (TPSA) is 133 Å². The van der Waals surface area contributed by atoms with Gasteiger partial charge in [-0.2, -0.15) is 0 Å². The van der Waals surface area contributed by atoms with Crippen molar-refractivity contribution in [2.45, 2.75) is 77.3 Å². The quantitative estimate of drug-likeness (QED) is 0.236. The van der Waals surface area contributed by atoms with Crippen molar-refractivity contribution in [3.8, 4) is 23.0 Å². The second-order valence-corrected chi connectivity index (χ2v) is 11.2. The molecule has 11 heteroatoms. The zero-order valence-electron chi connectivity index (χ0n) is 25.1. The van der Waals surface area contributed by atoms with Gasteiger partial charge < -0.3 is 9.57 Å². The minimum Gasteiger partial charge on any atom is -0.491 e. The molecule has 0 spiro atoms. The smallest absolute Gasteiger partial charge is 0.427 e. The number of hydroxylamine groups is 1. The van der Waals surface area contributed by atoms with Gasteiger partial charge in [-0.3, -0.25) is 15.1 Å². The SMILES string of the molecule is CCCCc1nc(C2CCCC2)n(-c2ncc(OCC)cn2)c(=O)c1Cc1ccc(-c2ccccc2C2NOC(=O)N2)nc1. The first-order valence-electron chi connectivity index (χ1n) is 15.4. The molecule has 0 radical (unpaired) electrons. The number of unbranched alkanes of at least 4 members (excludes halogenated alkanes) is 1. The van der Waals surface area contributed by atoms with Crippen molar-refractivity contribution >= 4 is 6.09 Å². The van der Waals surface area contributed by atoms with Gasteiger partial charge in [0.05, 0.1) is 30.4 Å². The summed E-state index contributed by atoms with van der Waals surface area (Å²) in [4.78, 5) is 49.9. The first-order valence-corrected chi connectivity index (χ1v) is 15.4. The first-order chi connectivity index (χ1) is 21.6. The molecule has 1 atom stereocenters. The second-order valence-electron chi connectivity index (χ2n) is 11.2. The molecule has 2 N–H and O–H groups in total. The van der Waals surface area contributed by atoms with E-state index in [0.717, 1.165) is 78.8 Å². The summed E-state index contributed by atoms with van der Waals surface area (Å²) in [7, 11) is 0. The zero-order valence-corrected chi connectivity index (χ0v) is 25.1. The standard InChI is InChI=1S/C33H37N7O4/c1-3-5-14-28-26(17-21-15-16-27(34-18-21)24-12-8-9-13-25(24)29-38-33(42)44-39-29)31(41)40(30(37-28)22-10-6-7-11-22)32-35-19-23(20-36-32)43-4-2/h8-9,12-13,15-16,18-20,22,29,39H,3-7,10-11,14,17H2,1-2H3,(H,38,42). The number of nitrogens with zero attached hydrogens (tertiary/aromatic N) is 5. The fourth-order valence-electron chi connectivity index (χ4n) is 5.97. The van der Waals surface area contributed by atoms with Gasteiger partial charge in [0.25, 0.3) is 5.56 Å². The lowest BCUT2D eigenvalue weighted by Gasteiger charge is -2.20. The summed E-state index contributed by atoms with van der Waals surface area (Å²) in [5, 5.41) is 2.74. The van der Waals surface area contributed by atoms with Crippen molar-refractivity contribution in [1.29, 1.82) is 0 Å². The van der Waals surface area contributed by atoms with E-state index in [9.17, 15) is 9.59 Å². The van der Waals surface area contributed by atoms with Gasteiger partial charge in [0.2, 0.25) is 5.95 Å². The van der Waals surface area contributed by atoms with Crippen molar-refractivity contribution in [2.75, 3.05) is 6.61 Å². The number of pyridine rings is 1. The monoisotopic (exact) mass is 595 g/mol. The molecule has 6 rings (SSSR count). The zero-order chi connectivity index (χ0) is 30.5. The fourth-order valence-corrected chi connectivity index (χ4v) is 5.97. The van der Waals surface area contributed by atoms with Gasteiger partial charge in [-0.15, -0.1) is 5.48 Å². The van der Waals surface area contributed by atoms with E-state index in [1.165, 1.54) is 0 Å². The van der Waals surface area contributed by atoms with Gasteiger partial charge in [-0.25, -0.2) is 24.3 Å². The highest BCUT2D eigenvalue weighted by molar-refractivity contribution is 5.71. The molecule has 228 valence electrons. The lowest BCUT2D eigenvalue weighted by atomic mass is 9.99. The van der Waals surface area contributed by atoms with E-state index in [-0.39, 0.29) is 11.5 Å². The van der Waals surface area contributed by atoms with Crippen LogP contribution in [-0.4, -0.2) is 37.2 Å². The van der Waals surface area contributed by atoms with Crippen molar-refractivity contribution in [1.82, 2.24) is 35.3 Å². The van der Waals surface area contributed by atoms with E-state index in [1.807, 2.05) is 43.3 Å². The van der Waals surface area contributed by atoms with E-state index in [2.05, 4.69) is 27.7 Å². The maximum atomic E-state index is 14.4. The highest BCUT2D eigenvalue weighted by Crippen LogP contribution is 2.34. The lowest BCUT2D eigenvalue weighted by Crippen LogP contribution is -2.31. The lowest BCUT2D eigenvalue weighted by molar-refractivity contribution is 0.122. The Hall–Kier alpha value is -4.64. The third-order valence-corrected chi connectivity index (χ3v) is 8.19. The fraction of sp³-hybridized carbons (Fsp3) is 0.394. The number of amides is 1. The minimum absolute atomic E-state index is 0.130. The Balaban J connectivity index is 1.37. The van der Waals surface area contributed by atoms with Crippen LogP contribution >= 0.6 is 0 Å². The minimum atomic E-state index is -0.527.